The number of halogens is 4. The molecule has 2 heterocycles. The van der Waals surface area contributed by atoms with Crippen molar-refractivity contribution in [2.75, 3.05) is 26.4 Å². The zero-order valence-electron chi connectivity index (χ0n) is 18.7. The second-order valence-electron chi connectivity index (χ2n) is 7.81. The lowest BCUT2D eigenvalue weighted by atomic mass is 10.1. The topological polar surface area (TPSA) is 125 Å². The number of rotatable bonds is 8. The van der Waals surface area contributed by atoms with Gasteiger partial charge < -0.3 is 16.0 Å². The fraction of sp³-hybridized carbons (Fsp3) is 0.227. The summed E-state index contributed by atoms with van der Waals surface area (Å²) in [4.78, 5) is 19.2. The number of anilines is 5. The molecule has 4 N–H and O–H groups in total. The number of fused-ring (bicyclic) bond motifs is 1. The van der Waals surface area contributed by atoms with Gasteiger partial charge in [0, 0.05) is 24.1 Å². The fourth-order valence-corrected chi connectivity index (χ4v) is 4.14. The summed E-state index contributed by atoms with van der Waals surface area (Å²) in [5.41, 5.74) is 0.355. The van der Waals surface area contributed by atoms with Crippen molar-refractivity contribution in [2.45, 2.75) is 26.1 Å². The van der Waals surface area contributed by atoms with E-state index < -0.39 is 33.4 Å². The number of para-hydroxylation sites is 1. The standard InChI is InChI=1S/C22H20F4N6O3S/c1-2-36(34,35)32-19-12(4-3-5-16(19)23)10-27-20-15(22(24,25)26)11-28-21(31-20)29-14-6-7-17-13(8-14)9-18(33)30-17/h3-8,11,32H,2,9-10H2,1H3,(H,30,33)(H2,27,28,29,31). The number of amides is 1. The highest BCUT2D eigenvalue weighted by atomic mass is 32.2. The van der Waals surface area contributed by atoms with E-state index in [9.17, 15) is 30.8 Å². The third kappa shape index (κ3) is 5.64. The van der Waals surface area contributed by atoms with E-state index in [0.29, 0.717) is 23.1 Å². The summed E-state index contributed by atoms with van der Waals surface area (Å²) in [7, 11) is -3.84. The largest absolute Gasteiger partial charge is 0.421 e. The van der Waals surface area contributed by atoms with E-state index in [2.05, 4.69) is 30.6 Å². The Morgan fingerprint density at radius 3 is 2.67 bits per heavy atom. The van der Waals surface area contributed by atoms with Crippen LogP contribution in [0.2, 0.25) is 0 Å². The van der Waals surface area contributed by atoms with Crippen LogP contribution in [-0.2, 0) is 34.0 Å². The molecular formula is C22H20F4N6O3S. The Bertz CT molecular complexity index is 1430. The summed E-state index contributed by atoms with van der Waals surface area (Å²) in [6.07, 6.45) is -4.03. The van der Waals surface area contributed by atoms with Gasteiger partial charge in [-0.2, -0.15) is 18.2 Å². The second-order valence-corrected chi connectivity index (χ2v) is 9.82. The molecule has 0 saturated carbocycles. The molecule has 9 nitrogen and oxygen atoms in total. The summed E-state index contributed by atoms with van der Waals surface area (Å²) in [6.45, 7) is 0.993. The Labute approximate surface area is 203 Å². The van der Waals surface area contributed by atoms with Crippen LogP contribution < -0.4 is 20.7 Å². The van der Waals surface area contributed by atoms with Crippen molar-refractivity contribution in [3.05, 3.63) is 65.1 Å². The van der Waals surface area contributed by atoms with Crippen LogP contribution in [0.3, 0.4) is 0 Å². The van der Waals surface area contributed by atoms with Gasteiger partial charge in [-0.25, -0.2) is 17.8 Å². The quantitative estimate of drug-likeness (QED) is 0.325. The first-order valence-electron chi connectivity index (χ1n) is 10.6. The lowest BCUT2D eigenvalue weighted by Crippen LogP contribution is -2.18. The van der Waals surface area contributed by atoms with Crippen molar-refractivity contribution < 1.29 is 30.8 Å². The van der Waals surface area contributed by atoms with E-state index in [1.165, 1.54) is 19.1 Å². The number of benzene rings is 2. The molecule has 36 heavy (non-hydrogen) atoms. The average Bonchev–Trinajstić information content (AvgIpc) is 3.18. The molecule has 1 aromatic heterocycles. The van der Waals surface area contributed by atoms with Crippen LogP contribution in [0.1, 0.15) is 23.6 Å². The van der Waals surface area contributed by atoms with E-state index in [0.717, 1.165) is 6.07 Å². The van der Waals surface area contributed by atoms with Gasteiger partial charge in [-0.05, 0) is 42.3 Å². The van der Waals surface area contributed by atoms with E-state index in [-0.39, 0.29) is 41.8 Å². The van der Waals surface area contributed by atoms with Gasteiger partial charge in [-0.1, -0.05) is 12.1 Å². The fourth-order valence-electron chi connectivity index (χ4n) is 3.46. The molecule has 3 aromatic rings. The molecule has 4 rings (SSSR count). The van der Waals surface area contributed by atoms with E-state index >= 15 is 0 Å². The first kappa shape index (κ1) is 25.2. The number of sulfonamides is 1. The molecule has 0 atom stereocenters. The first-order chi connectivity index (χ1) is 16.9. The molecule has 0 aliphatic carbocycles. The van der Waals surface area contributed by atoms with Gasteiger partial charge >= 0.3 is 6.18 Å². The third-order valence-electron chi connectivity index (χ3n) is 5.26. The van der Waals surface area contributed by atoms with E-state index in [1.54, 1.807) is 18.2 Å². The molecule has 14 heteroatoms. The average molecular weight is 525 g/mol. The van der Waals surface area contributed by atoms with E-state index in [1.807, 2.05) is 0 Å². The molecule has 0 saturated heterocycles. The maximum atomic E-state index is 14.3. The summed E-state index contributed by atoms with van der Waals surface area (Å²) in [6, 6.07) is 8.62. The Morgan fingerprint density at radius 1 is 1.17 bits per heavy atom. The van der Waals surface area contributed by atoms with Crippen molar-refractivity contribution in [3.63, 3.8) is 0 Å². The monoisotopic (exact) mass is 524 g/mol. The molecule has 0 unspecified atom stereocenters. The Hall–Kier alpha value is -3.94. The van der Waals surface area contributed by atoms with Crippen LogP contribution in [0.25, 0.3) is 0 Å². The number of carbonyl (C=O) groups is 1. The molecule has 0 bridgehead atoms. The smallest absolute Gasteiger partial charge is 0.365 e. The Balaban J connectivity index is 1.61. The SMILES string of the molecule is CCS(=O)(=O)Nc1c(F)cccc1CNc1nc(Nc2ccc3c(c2)CC(=O)N3)ncc1C(F)(F)F. The van der Waals surface area contributed by atoms with Crippen LogP contribution in [-0.4, -0.2) is 30.0 Å². The number of alkyl halides is 3. The molecule has 1 aliphatic heterocycles. The lowest BCUT2D eigenvalue weighted by molar-refractivity contribution is -0.137. The highest BCUT2D eigenvalue weighted by molar-refractivity contribution is 7.92. The molecule has 0 radical (unpaired) electrons. The highest BCUT2D eigenvalue weighted by Gasteiger charge is 2.35. The normalized spacial score (nSPS) is 13.2. The number of hydrogen-bond acceptors (Lipinski definition) is 7. The number of carbonyl (C=O) groups excluding carboxylic acids is 1. The second kappa shape index (κ2) is 9.60. The molecule has 0 spiro atoms. The molecular weight excluding hydrogens is 504 g/mol. The predicted octanol–water partition coefficient (Wildman–Crippen LogP) is 4.25. The Kier molecular flexibility index (Phi) is 6.71. The minimum absolute atomic E-state index is 0.0732. The van der Waals surface area contributed by atoms with Crippen molar-refractivity contribution >= 4 is 44.8 Å². The minimum Gasteiger partial charge on any atom is -0.365 e. The maximum Gasteiger partial charge on any atom is 0.421 e. The molecule has 1 amide bonds. The third-order valence-corrected chi connectivity index (χ3v) is 6.54. The van der Waals surface area contributed by atoms with Gasteiger partial charge in [0.25, 0.3) is 0 Å². The number of nitrogens with one attached hydrogen (secondary N) is 4. The molecule has 0 fully saturated rings. The summed E-state index contributed by atoms with van der Waals surface area (Å²) in [5, 5.41) is 8.00. The van der Waals surface area contributed by atoms with Gasteiger partial charge in [-0.3, -0.25) is 9.52 Å². The summed E-state index contributed by atoms with van der Waals surface area (Å²) in [5.74, 6) is -2.12. The van der Waals surface area contributed by atoms with Gasteiger partial charge in [-0.15, -0.1) is 0 Å². The van der Waals surface area contributed by atoms with Gasteiger partial charge in [0.2, 0.25) is 21.9 Å². The van der Waals surface area contributed by atoms with Crippen LogP contribution in [0.5, 0.6) is 0 Å². The van der Waals surface area contributed by atoms with Crippen molar-refractivity contribution in [1.29, 1.82) is 0 Å². The Morgan fingerprint density at radius 2 is 1.94 bits per heavy atom. The first-order valence-corrected chi connectivity index (χ1v) is 12.3. The number of hydrogen-bond donors (Lipinski definition) is 4. The van der Waals surface area contributed by atoms with Crippen LogP contribution in [0, 0.1) is 5.82 Å². The van der Waals surface area contributed by atoms with E-state index in [4.69, 9.17) is 0 Å². The van der Waals surface area contributed by atoms with Crippen molar-refractivity contribution in [2.24, 2.45) is 0 Å². The summed E-state index contributed by atoms with van der Waals surface area (Å²) >= 11 is 0. The van der Waals surface area contributed by atoms with Gasteiger partial charge in [0.05, 0.1) is 17.9 Å². The van der Waals surface area contributed by atoms with Gasteiger partial charge in [0.15, 0.2) is 0 Å². The molecule has 190 valence electrons. The van der Waals surface area contributed by atoms with Crippen LogP contribution in [0.4, 0.5) is 46.4 Å². The van der Waals surface area contributed by atoms with Crippen molar-refractivity contribution in [3.8, 4) is 0 Å². The lowest BCUT2D eigenvalue weighted by Gasteiger charge is -2.17. The predicted molar refractivity (Wildman–Crippen MR) is 126 cm³/mol. The zero-order valence-corrected chi connectivity index (χ0v) is 19.5. The zero-order chi connectivity index (χ0) is 26.1. The number of nitrogens with zero attached hydrogens (tertiary/aromatic N) is 2. The molecule has 2 aromatic carbocycles. The van der Waals surface area contributed by atoms with Crippen LogP contribution >= 0.6 is 0 Å². The summed E-state index contributed by atoms with van der Waals surface area (Å²) < 4.78 is 81.1. The van der Waals surface area contributed by atoms with Crippen molar-refractivity contribution in [1.82, 2.24) is 9.97 Å². The minimum atomic E-state index is -4.80. The number of aromatic nitrogens is 2. The molecule has 1 aliphatic rings. The van der Waals surface area contributed by atoms with Crippen LogP contribution in [0.15, 0.2) is 42.6 Å². The van der Waals surface area contributed by atoms with Gasteiger partial charge in [0.1, 0.15) is 17.2 Å². The highest BCUT2D eigenvalue weighted by Crippen LogP contribution is 2.35. The maximum absolute atomic E-state index is 14.3.